The van der Waals surface area contributed by atoms with E-state index >= 15 is 0 Å². The molecule has 0 amide bonds. The number of aliphatic carboxylic acids is 1. The molecule has 1 aromatic carbocycles. The van der Waals surface area contributed by atoms with Crippen LogP contribution in [0.25, 0.3) is 10.9 Å². The molecule has 0 radical (unpaired) electrons. The van der Waals surface area contributed by atoms with Crippen LogP contribution in [0, 0.1) is 0 Å². The predicted octanol–water partition coefficient (Wildman–Crippen LogP) is 1.45. The number of H-pyrrole nitrogens is 1. The number of fused-ring (bicyclic) bond motifs is 1. The van der Waals surface area contributed by atoms with E-state index in [0.29, 0.717) is 25.2 Å². The van der Waals surface area contributed by atoms with Crippen molar-refractivity contribution in [2.45, 2.75) is 17.5 Å². The third kappa shape index (κ3) is 3.48. The molecule has 6 nitrogen and oxygen atoms in total. The van der Waals surface area contributed by atoms with Crippen LogP contribution in [-0.2, 0) is 11.3 Å². The number of thioether (sulfide) groups is 1. The third-order valence-corrected chi connectivity index (χ3v) is 5.27. The summed E-state index contributed by atoms with van der Waals surface area (Å²) in [6.45, 7) is 2.32. The van der Waals surface area contributed by atoms with E-state index in [2.05, 4.69) is 4.98 Å². The standard InChI is InChI=1S/C17H21N3O3S/c1-19-5-6-20(10-15(19)17(22)23)9-12-7-11-3-4-13(24-2)8-14(11)18-16(12)21/h3-4,7-8,15H,5-6,9-10H2,1-2H3,(H,18,21)(H,22,23)/t15-/m1/s1. The number of carbonyl (C=O) groups is 1. The number of hydrogen-bond donors (Lipinski definition) is 2. The highest BCUT2D eigenvalue weighted by Crippen LogP contribution is 2.20. The highest BCUT2D eigenvalue weighted by atomic mass is 32.2. The number of hydrogen-bond acceptors (Lipinski definition) is 5. The summed E-state index contributed by atoms with van der Waals surface area (Å²) in [5.74, 6) is -0.820. The quantitative estimate of drug-likeness (QED) is 0.816. The summed E-state index contributed by atoms with van der Waals surface area (Å²) in [5, 5.41) is 10.3. The van der Waals surface area contributed by atoms with Crippen molar-refractivity contribution in [3.63, 3.8) is 0 Å². The van der Waals surface area contributed by atoms with Gasteiger partial charge in [0, 0.05) is 42.2 Å². The molecule has 1 aliphatic heterocycles. The summed E-state index contributed by atoms with van der Waals surface area (Å²) in [6.07, 6.45) is 2.00. The van der Waals surface area contributed by atoms with Crippen molar-refractivity contribution < 1.29 is 9.90 Å². The Balaban J connectivity index is 1.83. The van der Waals surface area contributed by atoms with E-state index in [-0.39, 0.29) is 5.56 Å². The fourth-order valence-electron chi connectivity index (χ4n) is 3.05. The number of rotatable bonds is 4. The Labute approximate surface area is 144 Å². The molecule has 1 fully saturated rings. The van der Waals surface area contributed by atoms with Gasteiger partial charge >= 0.3 is 5.97 Å². The first-order valence-corrected chi connectivity index (χ1v) is 9.06. The number of pyridine rings is 1. The molecule has 0 spiro atoms. The molecule has 2 N–H and O–H groups in total. The van der Waals surface area contributed by atoms with E-state index in [0.717, 1.165) is 22.3 Å². The van der Waals surface area contributed by atoms with Crippen LogP contribution < -0.4 is 5.56 Å². The third-order valence-electron chi connectivity index (χ3n) is 4.54. The lowest BCUT2D eigenvalue weighted by atomic mass is 10.1. The summed E-state index contributed by atoms with van der Waals surface area (Å²) in [5.41, 5.74) is 1.40. The predicted molar refractivity (Wildman–Crippen MR) is 95.7 cm³/mol. The Morgan fingerprint density at radius 2 is 2.17 bits per heavy atom. The fourth-order valence-corrected chi connectivity index (χ4v) is 3.49. The van der Waals surface area contributed by atoms with Crippen molar-refractivity contribution in [2.75, 3.05) is 32.9 Å². The first-order chi connectivity index (χ1) is 11.5. The largest absolute Gasteiger partial charge is 0.480 e. The zero-order chi connectivity index (χ0) is 17.3. The molecule has 128 valence electrons. The van der Waals surface area contributed by atoms with Gasteiger partial charge in [-0.3, -0.25) is 19.4 Å². The number of piperazine rings is 1. The molecule has 1 atom stereocenters. The maximum atomic E-state index is 12.4. The number of carboxylic acid groups (broad SMARTS) is 1. The Morgan fingerprint density at radius 1 is 1.38 bits per heavy atom. The lowest BCUT2D eigenvalue weighted by Gasteiger charge is -2.37. The Hall–Kier alpha value is -1.83. The molecule has 24 heavy (non-hydrogen) atoms. The van der Waals surface area contributed by atoms with E-state index in [1.165, 1.54) is 0 Å². The Morgan fingerprint density at radius 3 is 2.88 bits per heavy atom. The van der Waals surface area contributed by atoms with Gasteiger partial charge in [0.25, 0.3) is 5.56 Å². The summed E-state index contributed by atoms with van der Waals surface area (Å²) >= 11 is 1.63. The van der Waals surface area contributed by atoms with Gasteiger partial charge in [0.1, 0.15) is 6.04 Å². The molecule has 1 aliphatic rings. The van der Waals surface area contributed by atoms with Crippen molar-refractivity contribution in [2.24, 2.45) is 0 Å². The number of aromatic amines is 1. The molecule has 0 aliphatic carbocycles. The lowest BCUT2D eigenvalue weighted by Crippen LogP contribution is -2.54. The molecule has 3 rings (SSSR count). The zero-order valence-electron chi connectivity index (χ0n) is 13.8. The van der Waals surface area contributed by atoms with Gasteiger partial charge in [-0.05, 0) is 36.9 Å². The average molecular weight is 347 g/mol. The fraction of sp³-hybridized carbons (Fsp3) is 0.412. The summed E-state index contributed by atoms with van der Waals surface area (Å²) in [6, 6.07) is 7.40. The minimum absolute atomic E-state index is 0.105. The highest BCUT2D eigenvalue weighted by Gasteiger charge is 2.29. The second-order valence-corrected chi connectivity index (χ2v) is 7.03. The van der Waals surface area contributed by atoms with Crippen LogP contribution in [0.4, 0.5) is 0 Å². The number of nitrogens with one attached hydrogen (secondary N) is 1. The van der Waals surface area contributed by atoms with Crippen LogP contribution >= 0.6 is 11.8 Å². The van der Waals surface area contributed by atoms with Crippen molar-refractivity contribution in [1.82, 2.24) is 14.8 Å². The Bertz CT molecular complexity index is 820. The SMILES string of the molecule is CSc1ccc2cc(CN3CCN(C)[C@@H](C(=O)O)C3)c(=O)[nH]c2c1. The maximum Gasteiger partial charge on any atom is 0.322 e. The monoisotopic (exact) mass is 347 g/mol. The van der Waals surface area contributed by atoms with E-state index in [1.807, 2.05) is 47.4 Å². The number of likely N-dealkylation sites (N-methyl/N-ethyl adjacent to an activating group) is 1. The zero-order valence-corrected chi connectivity index (χ0v) is 14.6. The summed E-state index contributed by atoms with van der Waals surface area (Å²) < 4.78 is 0. The van der Waals surface area contributed by atoms with Gasteiger partial charge in [-0.2, -0.15) is 0 Å². The van der Waals surface area contributed by atoms with Crippen LogP contribution in [0.1, 0.15) is 5.56 Å². The van der Waals surface area contributed by atoms with Gasteiger partial charge in [0.05, 0.1) is 0 Å². The highest BCUT2D eigenvalue weighted by molar-refractivity contribution is 7.98. The van der Waals surface area contributed by atoms with Crippen LogP contribution in [0.5, 0.6) is 0 Å². The smallest absolute Gasteiger partial charge is 0.322 e. The van der Waals surface area contributed by atoms with Gasteiger partial charge in [-0.25, -0.2) is 0 Å². The van der Waals surface area contributed by atoms with Crippen molar-refractivity contribution >= 4 is 28.6 Å². The number of aromatic nitrogens is 1. The first kappa shape index (κ1) is 17.0. The van der Waals surface area contributed by atoms with E-state index in [9.17, 15) is 14.7 Å². The van der Waals surface area contributed by atoms with Crippen molar-refractivity contribution in [1.29, 1.82) is 0 Å². The minimum Gasteiger partial charge on any atom is -0.480 e. The molecule has 1 aromatic heterocycles. The van der Waals surface area contributed by atoms with Gasteiger partial charge in [-0.1, -0.05) is 6.07 Å². The van der Waals surface area contributed by atoms with Gasteiger partial charge < -0.3 is 10.1 Å². The number of benzene rings is 1. The molecule has 0 unspecified atom stereocenters. The molecule has 2 aromatic rings. The first-order valence-electron chi connectivity index (χ1n) is 7.83. The topological polar surface area (TPSA) is 76.6 Å². The Kier molecular flexibility index (Phi) is 4.93. The van der Waals surface area contributed by atoms with E-state index < -0.39 is 12.0 Å². The van der Waals surface area contributed by atoms with Crippen LogP contribution in [0.15, 0.2) is 34.0 Å². The van der Waals surface area contributed by atoms with Crippen LogP contribution in [0.3, 0.4) is 0 Å². The van der Waals surface area contributed by atoms with Gasteiger partial charge in [0.15, 0.2) is 0 Å². The van der Waals surface area contributed by atoms with Gasteiger partial charge in [0.2, 0.25) is 0 Å². The van der Waals surface area contributed by atoms with Crippen molar-refractivity contribution in [3.8, 4) is 0 Å². The molecule has 0 bridgehead atoms. The van der Waals surface area contributed by atoms with E-state index in [1.54, 1.807) is 11.8 Å². The molecule has 0 saturated carbocycles. The second kappa shape index (κ2) is 6.96. The maximum absolute atomic E-state index is 12.4. The van der Waals surface area contributed by atoms with Crippen LogP contribution in [-0.4, -0.2) is 64.8 Å². The summed E-state index contributed by atoms with van der Waals surface area (Å²) in [4.78, 5) is 31.6. The average Bonchev–Trinajstić information content (AvgIpc) is 2.56. The second-order valence-electron chi connectivity index (χ2n) is 6.15. The van der Waals surface area contributed by atoms with Gasteiger partial charge in [-0.15, -0.1) is 11.8 Å². The minimum atomic E-state index is -0.820. The number of carboxylic acids is 1. The van der Waals surface area contributed by atoms with Crippen LogP contribution in [0.2, 0.25) is 0 Å². The van der Waals surface area contributed by atoms with Crippen molar-refractivity contribution in [3.05, 3.63) is 40.2 Å². The number of nitrogens with zero attached hydrogens (tertiary/aromatic N) is 2. The molecular weight excluding hydrogens is 326 g/mol. The molecular formula is C17H21N3O3S. The molecule has 2 heterocycles. The lowest BCUT2D eigenvalue weighted by molar-refractivity contribution is -0.145. The van der Waals surface area contributed by atoms with E-state index in [4.69, 9.17) is 0 Å². The normalized spacial score (nSPS) is 19.7. The molecule has 7 heteroatoms. The molecule has 1 saturated heterocycles. The summed E-state index contributed by atoms with van der Waals surface area (Å²) in [7, 11) is 1.82.